The molecular formula is C12H20F2N3O12P3. The predicted octanol–water partition coefficient (Wildman–Crippen LogP) is 0.598. The van der Waals surface area contributed by atoms with E-state index < -0.39 is 66.2 Å². The zero-order valence-electron chi connectivity index (χ0n) is 16.1. The Morgan fingerprint density at radius 2 is 1.91 bits per heavy atom. The Hall–Kier alpha value is -1.09. The lowest BCUT2D eigenvalue weighted by Gasteiger charge is -2.29. The fourth-order valence-corrected chi connectivity index (χ4v) is 6.00. The fourth-order valence-electron chi connectivity index (χ4n) is 2.92. The van der Waals surface area contributed by atoms with Gasteiger partial charge < -0.3 is 30.0 Å². The molecule has 2 rings (SSSR count). The summed E-state index contributed by atoms with van der Waals surface area (Å²) in [5.41, 5.74) is 2.15. The maximum Gasteiger partial charge on any atom is 0.490 e. The SMILES string of the molecule is CC1C[C@](COP(=O)(O)OP(=O)(O)OP(=O)(O)O)(C(F)F)OC1Cn1ccc(N)nc1=O. The van der Waals surface area contributed by atoms with Gasteiger partial charge in [-0.1, -0.05) is 6.92 Å². The highest BCUT2D eigenvalue weighted by atomic mass is 31.3. The van der Waals surface area contributed by atoms with Crippen LogP contribution in [0.2, 0.25) is 0 Å². The van der Waals surface area contributed by atoms with Gasteiger partial charge in [0, 0.05) is 6.20 Å². The summed E-state index contributed by atoms with van der Waals surface area (Å²) < 4.78 is 79.2. The highest BCUT2D eigenvalue weighted by molar-refractivity contribution is 7.66. The summed E-state index contributed by atoms with van der Waals surface area (Å²) in [4.78, 5) is 51.0. The van der Waals surface area contributed by atoms with Crippen molar-refractivity contribution in [1.82, 2.24) is 9.55 Å². The highest BCUT2D eigenvalue weighted by Gasteiger charge is 2.53. The third kappa shape index (κ3) is 7.47. The molecule has 20 heteroatoms. The molecule has 0 aliphatic carbocycles. The van der Waals surface area contributed by atoms with E-state index in [-0.39, 0.29) is 12.4 Å². The highest BCUT2D eigenvalue weighted by Crippen LogP contribution is 2.66. The second kappa shape index (κ2) is 9.65. The summed E-state index contributed by atoms with van der Waals surface area (Å²) in [6.07, 6.45) is -3.41. The monoisotopic (exact) mass is 529 g/mol. The molecule has 0 radical (unpaired) electrons. The third-order valence-electron chi connectivity index (χ3n) is 4.25. The molecular weight excluding hydrogens is 509 g/mol. The van der Waals surface area contributed by atoms with E-state index in [9.17, 15) is 32.2 Å². The van der Waals surface area contributed by atoms with Crippen LogP contribution in [0.3, 0.4) is 0 Å². The largest absolute Gasteiger partial charge is 0.490 e. The third-order valence-corrected chi connectivity index (χ3v) is 8.03. The van der Waals surface area contributed by atoms with Crippen LogP contribution in [0.1, 0.15) is 13.3 Å². The average Bonchev–Trinajstić information content (AvgIpc) is 2.90. The Morgan fingerprint density at radius 1 is 1.28 bits per heavy atom. The number of alkyl halides is 2. The van der Waals surface area contributed by atoms with Gasteiger partial charge in [0.25, 0.3) is 6.43 Å². The van der Waals surface area contributed by atoms with E-state index in [1.807, 2.05) is 0 Å². The Kier molecular flexibility index (Phi) is 8.19. The molecule has 1 aromatic rings. The molecule has 0 amide bonds. The summed E-state index contributed by atoms with van der Waals surface area (Å²) in [5.74, 6) is -0.664. The summed E-state index contributed by atoms with van der Waals surface area (Å²) in [5, 5.41) is 0. The van der Waals surface area contributed by atoms with E-state index in [2.05, 4.69) is 18.1 Å². The molecule has 1 aliphatic rings. The lowest BCUT2D eigenvalue weighted by Crippen LogP contribution is -2.43. The van der Waals surface area contributed by atoms with Crippen molar-refractivity contribution in [3.8, 4) is 0 Å². The van der Waals surface area contributed by atoms with Gasteiger partial charge in [-0.15, -0.1) is 0 Å². The Labute approximate surface area is 178 Å². The number of hydrogen-bond donors (Lipinski definition) is 5. The molecule has 0 spiro atoms. The van der Waals surface area contributed by atoms with Gasteiger partial charge in [0.05, 0.1) is 19.3 Å². The maximum atomic E-state index is 13.8. The van der Waals surface area contributed by atoms with E-state index >= 15 is 0 Å². The number of phosphoric acid groups is 3. The molecule has 0 aromatic carbocycles. The number of anilines is 1. The van der Waals surface area contributed by atoms with E-state index in [0.29, 0.717) is 0 Å². The molecule has 1 fully saturated rings. The van der Waals surface area contributed by atoms with E-state index in [4.69, 9.17) is 25.2 Å². The zero-order chi connectivity index (χ0) is 24.5. The number of hydrogen-bond acceptors (Lipinski definition) is 10. The first-order chi connectivity index (χ1) is 14.4. The minimum Gasteiger partial charge on any atom is -0.383 e. The Balaban J connectivity index is 2.12. The van der Waals surface area contributed by atoms with Crippen molar-refractivity contribution in [1.29, 1.82) is 0 Å². The number of nitrogen functional groups attached to an aromatic ring is 1. The van der Waals surface area contributed by atoms with Crippen LogP contribution >= 0.6 is 23.5 Å². The standard InChI is InChI=1S/C12H20F2N3O12P3/c1-7-4-12(10(13)14,27-8(7)5-17-3-2-9(15)16-11(17)18)6-26-31(22,23)29-32(24,25)28-30(19,20)21/h2-3,7-8,10H,4-6H2,1H3,(H,22,23)(H,24,25)(H2,15,16,18)(H2,19,20,21)/t7?,8?,12-/m0/s1. The lowest BCUT2D eigenvalue weighted by atomic mass is 9.94. The van der Waals surface area contributed by atoms with Gasteiger partial charge in [0.15, 0.2) is 5.60 Å². The summed E-state index contributed by atoms with van der Waals surface area (Å²) in [6, 6.07) is 1.30. The summed E-state index contributed by atoms with van der Waals surface area (Å²) in [6.45, 7) is -0.0174. The second-order valence-corrected chi connectivity index (χ2v) is 11.3. The van der Waals surface area contributed by atoms with Crippen LogP contribution in [0.25, 0.3) is 0 Å². The van der Waals surface area contributed by atoms with Gasteiger partial charge in [-0.2, -0.15) is 13.6 Å². The van der Waals surface area contributed by atoms with Crippen LogP contribution in [-0.4, -0.2) is 53.9 Å². The van der Waals surface area contributed by atoms with Crippen molar-refractivity contribution in [2.75, 3.05) is 12.3 Å². The molecule has 6 N–H and O–H groups in total. The summed E-state index contributed by atoms with van der Waals surface area (Å²) in [7, 11) is -17.0. The van der Waals surface area contributed by atoms with Gasteiger partial charge in [-0.05, 0) is 18.4 Å². The van der Waals surface area contributed by atoms with Crippen molar-refractivity contribution < 1.29 is 59.9 Å². The lowest BCUT2D eigenvalue weighted by molar-refractivity contribution is -0.154. The minimum absolute atomic E-state index is 0.0513. The quantitative estimate of drug-likeness (QED) is 0.261. The van der Waals surface area contributed by atoms with Gasteiger partial charge in [0.1, 0.15) is 5.82 Å². The Morgan fingerprint density at radius 3 is 2.44 bits per heavy atom. The van der Waals surface area contributed by atoms with E-state index in [1.165, 1.54) is 19.2 Å². The number of halogens is 2. The first-order valence-corrected chi connectivity index (χ1v) is 13.0. The van der Waals surface area contributed by atoms with E-state index in [1.54, 1.807) is 0 Å². The van der Waals surface area contributed by atoms with Crippen LogP contribution < -0.4 is 11.4 Å². The summed E-state index contributed by atoms with van der Waals surface area (Å²) >= 11 is 0. The molecule has 2 heterocycles. The van der Waals surface area contributed by atoms with Crippen molar-refractivity contribution in [3.63, 3.8) is 0 Å². The van der Waals surface area contributed by atoms with Gasteiger partial charge in [-0.3, -0.25) is 9.09 Å². The predicted molar refractivity (Wildman–Crippen MR) is 100 cm³/mol. The molecule has 1 aliphatic heterocycles. The molecule has 5 atom stereocenters. The molecule has 15 nitrogen and oxygen atoms in total. The topological polar surface area (TPSA) is 230 Å². The number of nitrogens with zero attached hydrogens (tertiary/aromatic N) is 2. The molecule has 1 saturated heterocycles. The van der Waals surface area contributed by atoms with Crippen molar-refractivity contribution in [3.05, 3.63) is 22.7 Å². The number of nitrogens with two attached hydrogens (primary N) is 1. The minimum atomic E-state index is -5.81. The zero-order valence-corrected chi connectivity index (χ0v) is 18.8. The van der Waals surface area contributed by atoms with Gasteiger partial charge in [-0.25, -0.2) is 27.3 Å². The maximum absolute atomic E-state index is 13.8. The Bertz CT molecular complexity index is 1030. The first kappa shape index (κ1) is 27.2. The second-order valence-electron chi connectivity index (χ2n) is 6.85. The van der Waals surface area contributed by atoms with E-state index in [0.717, 1.165) is 4.57 Å². The molecule has 0 bridgehead atoms. The van der Waals surface area contributed by atoms with Crippen LogP contribution in [0.15, 0.2) is 17.1 Å². The molecule has 1 aromatic heterocycles. The van der Waals surface area contributed by atoms with Gasteiger partial charge in [0.2, 0.25) is 0 Å². The van der Waals surface area contributed by atoms with Crippen LogP contribution in [0.4, 0.5) is 14.6 Å². The average molecular weight is 529 g/mol. The number of phosphoric ester groups is 1. The molecule has 4 unspecified atom stereocenters. The number of rotatable bonds is 10. The fraction of sp³-hybridized carbons (Fsp3) is 0.667. The first-order valence-electron chi connectivity index (χ1n) is 8.51. The van der Waals surface area contributed by atoms with Gasteiger partial charge >= 0.3 is 29.2 Å². The van der Waals surface area contributed by atoms with Crippen LogP contribution in [0.5, 0.6) is 0 Å². The van der Waals surface area contributed by atoms with Crippen LogP contribution in [0, 0.1) is 5.92 Å². The molecule has 32 heavy (non-hydrogen) atoms. The van der Waals surface area contributed by atoms with Crippen molar-refractivity contribution in [2.24, 2.45) is 5.92 Å². The van der Waals surface area contributed by atoms with Crippen LogP contribution in [-0.2, 0) is 38.1 Å². The molecule has 0 saturated carbocycles. The normalized spacial score (nSPS) is 27.9. The molecule has 184 valence electrons. The van der Waals surface area contributed by atoms with Crippen molar-refractivity contribution in [2.45, 2.75) is 38.0 Å². The smallest absolute Gasteiger partial charge is 0.383 e. The number of aromatic nitrogens is 2. The number of ether oxygens (including phenoxy) is 1. The van der Waals surface area contributed by atoms with Crippen molar-refractivity contribution >= 4 is 29.3 Å².